The number of hydrogen-bond donors (Lipinski definition) is 0. The maximum Gasteiger partial charge on any atom is 0.260 e. The number of carbonyl (C=O) groups is 1. The monoisotopic (exact) mass is 336 g/mol. The van der Waals surface area contributed by atoms with Gasteiger partial charge in [-0.2, -0.15) is 0 Å². The minimum atomic E-state index is -0.318. The Labute approximate surface area is 142 Å². The molecule has 1 aromatic rings. The normalized spacial score (nSPS) is 24.5. The van der Waals surface area contributed by atoms with Gasteiger partial charge in [0.25, 0.3) is 5.91 Å². The topological polar surface area (TPSA) is 42.0 Å². The molecule has 24 heavy (non-hydrogen) atoms. The maximum atomic E-state index is 12.9. The number of nitrogens with zero attached hydrogens (tertiary/aromatic N) is 2. The van der Waals surface area contributed by atoms with Gasteiger partial charge in [0.05, 0.1) is 6.10 Å². The number of rotatable bonds is 6. The summed E-state index contributed by atoms with van der Waals surface area (Å²) >= 11 is 0. The smallest absolute Gasteiger partial charge is 0.260 e. The Balaban J connectivity index is 1.56. The maximum absolute atomic E-state index is 12.9. The molecule has 0 radical (unpaired) electrons. The zero-order valence-electron chi connectivity index (χ0n) is 14.1. The van der Waals surface area contributed by atoms with Gasteiger partial charge in [-0.05, 0) is 56.6 Å². The van der Waals surface area contributed by atoms with Gasteiger partial charge in [-0.3, -0.25) is 4.79 Å². The van der Waals surface area contributed by atoms with Crippen molar-refractivity contribution in [2.45, 2.75) is 31.4 Å². The summed E-state index contributed by atoms with van der Waals surface area (Å²) < 4.78 is 23.9. The lowest BCUT2D eigenvalue weighted by Gasteiger charge is -2.28. The highest BCUT2D eigenvalue weighted by atomic mass is 19.1. The number of ether oxygens (including phenoxy) is 2. The van der Waals surface area contributed by atoms with Crippen LogP contribution < -0.4 is 4.74 Å². The van der Waals surface area contributed by atoms with Crippen LogP contribution >= 0.6 is 0 Å². The van der Waals surface area contributed by atoms with Crippen molar-refractivity contribution < 1.29 is 18.7 Å². The second kappa shape index (κ2) is 7.94. The predicted octanol–water partition coefficient (Wildman–Crippen LogP) is 1.92. The van der Waals surface area contributed by atoms with Gasteiger partial charge in [-0.25, -0.2) is 4.39 Å². The molecule has 2 aliphatic rings. The molecule has 2 aliphatic heterocycles. The summed E-state index contributed by atoms with van der Waals surface area (Å²) in [4.78, 5) is 16.9. The lowest BCUT2D eigenvalue weighted by atomic mass is 10.2. The summed E-state index contributed by atoms with van der Waals surface area (Å²) in [7, 11) is 1.70. The predicted molar refractivity (Wildman–Crippen MR) is 88.5 cm³/mol. The van der Waals surface area contributed by atoms with E-state index in [1.54, 1.807) is 7.11 Å². The Morgan fingerprint density at radius 3 is 2.62 bits per heavy atom. The van der Waals surface area contributed by atoms with E-state index >= 15 is 0 Å². The zero-order valence-corrected chi connectivity index (χ0v) is 14.1. The molecule has 0 N–H and O–H groups in total. The van der Waals surface area contributed by atoms with Crippen molar-refractivity contribution >= 4 is 5.91 Å². The number of hydrogen-bond acceptors (Lipinski definition) is 4. The molecule has 5 nitrogen and oxygen atoms in total. The molecule has 0 saturated carbocycles. The first-order valence-corrected chi connectivity index (χ1v) is 8.58. The number of benzene rings is 1. The molecule has 2 saturated heterocycles. The van der Waals surface area contributed by atoms with Crippen molar-refractivity contribution in [1.82, 2.24) is 9.80 Å². The standard InChI is InChI=1S/C18H25FN2O3/c1-23-17-10-15(11-20-8-2-3-9-20)21(12-17)18(22)13-24-16-6-4-14(19)5-7-16/h4-7,15,17H,2-3,8-13H2,1H3/t15-,17-/m0/s1. The van der Waals surface area contributed by atoms with Crippen molar-refractivity contribution in [2.24, 2.45) is 0 Å². The van der Waals surface area contributed by atoms with E-state index in [-0.39, 0.29) is 30.5 Å². The molecule has 3 rings (SSSR count). The van der Waals surface area contributed by atoms with Crippen molar-refractivity contribution in [3.63, 3.8) is 0 Å². The molecule has 6 heteroatoms. The molecular formula is C18H25FN2O3. The Bertz CT molecular complexity index is 546. The van der Waals surface area contributed by atoms with Crippen molar-refractivity contribution in [3.05, 3.63) is 30.1 Å². The van der Waals surface area contributed by atoms with E-state index in [0.29, 0.717) is 12.3 Å². The van der Waals surface area contributed by atoms with Crippen LogP contribution in [0.2, 0.25) is 0 Å². The number of amides is 1. The third-order valence-electron chi connectivity index (χ3n) is 4.87. The third-order valence-corrected chi connectivity index (χ3v) is 4.87. The highest BCUT2D eigenvalue weighted by Gasteiger charge is 2.36. The second-order valence-corrected chi connectivity index (χ2v) is 6.54. The van der Waals surface area contributed by atoms with Gasteiger partial charge in [-0.15, -0.1) is 0 Å². The van der Waals surface area contributed by atoms with Crippen LogP contribution in [0.4, 0.5) is 4.39 Å². The average Bonchev–Trinajstić information content (AvgIpc) is 3.24. The minimum absolute atomic E-state index is 0.0292. The van der Waals surface area contributed by atoms with E-state index < -0.39 is 0 Å². The van der Waals surface area contributed by atoms with E-state index in [2.05, 4.69) is 4.90 Å². The Kier molecular flexibility index (Phi) is 5.68. The Hall–Kier alpha value is -1.66. The fourth-order valence-corrected chi connectivity index (χ4v) is 3.55. The van der Waals surface area contributed by atoms with Gasteiger partial charge in [0.15, 0.2) is 6.61 Å². The first-order valence-electron chi connectivity index (χ1n) is 8.58. The van der Waals surface area contributed by atoms with Crippen LogP contribution in [-0.4, -0.2) is 67.7 Å². The first kappa shape index (κ1) is 17.2. The van der Waals surface area contributed by atoms with Crippen LogP contribution in [0.3, 0.4) is 0 Å². The van der Waals surface area contributed by atoms with Gasteiger partial charge in [0.1, 0.15) is 11.6 Å². The zero-order chi connectivity index (χ0) is 16.9. The molecule has 0 bridgehead atoms. The van der Waals surface area contributed by atoms with Crippen LogP contribution in [0.1, 0.15) is 19.3 Å². The summed E-state index contributed by atoms with van der Waals surface area (Å²) in [5.74, 6) is 0.147. The van der Waals surface area contributed by atoms with Crippen LogP contribution in [0.25, 0.3) is 0 Å². The van der Waals surface area contributed by atoms with E-state index in [4.69, 9.17) is 9.47 Å². The van der Waals surface area contributed by atoms with Crippen LogP contribution in [0, 0.1) is 5.82 Å². The van der Waals surface area contributed by atoms with E-state index in [9.17, 15) is 9.18 Å². The summed E-state index contributed by atoms with van der Waals surface area (Å²) in [5.41, 5.74) is 0. The average molecular weight is 336 g/mol. The quantitative estimate of drug-likeness (QED) is 0.796. The fraction of sp³-hybridized carbons (Fsp3) is 0.611. The molecule has 0 spiro atoms. The summed E-state index contributed by atoms with van der Waals surface area (Å²) in [6.45, 7) is 3.71. The second-order valence-electron chi connectivity index (χ2n) is 6.54. The molecule has 2 atom stereocenters. The Morgan fingerprint density at radius 1 is 1.25 bits per heavy atom. The van der Waals surface area contributed by atoms with E-state index in [1.807, 2.05) is 4.90 Å². The molecule has 0 aromatic heterocycles. The summed E-state index contributed by atoms with van der Waals surface area (Å²) in [6, 6.07) is 5.90. The van der Waals surface area contributed by atoms with Crippen molar-refractivity contribution in [1.29, 1.82) is 0 Å². The van der Waals surface area contributed by atoms with Crippen LogP contribution in [-0.2, 0) is 9.53 Å². The minimum Gasteiger partial charge on any atom is -0.484 e. The number of likely N-dealkylation sites (tertiary alicyclic amines) is 2. The SMILES string of the molecule is CO[C@H]1C[C@@H](CN2CCCC2)N(C(=O)COc2ccc(F)cc2)C1. The molecule has 0 aliphatic carbocycles. The number of methoxy groups -OCH3 is 1. The Morgan fingerprint density at radius 2 is 1.96 bits per heavy atom. The summed E-state index contributed by atoms with van der Waals surface area (Å²) in [6.07, 6.45) is 3.44. The molecule has 0 unspecified atom stereocenters. The van der Waals surface area contributed by atoms with E-state index in [1.165, 1.54) is 37.1 Å². The van der Waals surface area contributed by atoms with Gasteiger partial charge in [-0.1, -0.05) is 0 Å². The number of halogens is 1. The van der Waals surface area contributed by atoms with Crippen molar-refractivity contribution in [2.75, 3.05) is 39.9 Å². The third kappa shape index (κ3) is 4.24. The number of carbonyl (C=O) groups excluding carboxylic acids is 1. The lowest BCUT2D eigenvalue weighted by Crippen LogP contribution is -2.44. The van der Waals surface area contributed by atoms with Crippen LogP contribution in [0.5, 0.6) is 5.75 Å². The van der Waals surface area contributed by atoms with Crippen LogP contribution in [0.15, 0.2) is 24.3 Å². The summed E-state index contributed by atoms with van der Waals surface area (Å²) in [5, 5.41) is 0. The highest BCUT2D eigenvalue weighted by molar-refractivity contribution is 5.78. The van der Waals surface area contributed by atoms with Gasteiger partial charge in [0, 0.05) is 26.2 Å². The molecule has 132 valence electrons. The van der Waals surface area contributed by atoms with Gasteiger partial charge in [0.2, 0.25) is 0 Å². The van der Waals surface area contributed by atoms with E-state index in [0.717, 1.165) is 26.1 Å². The first-order chi connectivity index (χ1) is 11.7. The molecule has 1 aromatic carbocycles. The molecule has 2 fully saturated rings. The van der Waals surface area contributed by atoms with Gasteiger partial charge < -0.3 is 19.3 Å². The fourth-order valence-electron chi connectivity index (χ4n) is 3.55. The molecule has 2 heterocycles. The largest absolute Gasteiger partial charge is 0.484 e. The lowest BCUT2D eigenvalue weighted by molar-refractivity contribution is -0.134. The molecule has 1 amide bonds. The van der Waals surface area contributed by atoms with Crippen molar-refractivity contribution in [3.8, 4) is 5.75 Å². The highest BCUT2D eigenvalue weighted by Crippen LogP contribution is 2.23. The molecular weight excluding hydrogens is 311 g/mol. The van der Waals surface area contributed by atoms with Gasteiger partial charge >= 0.3 is 0 Å².